The van der Waals surface area contributed by atoms with Crippen LogP contribution in [0.5, 0.6) is 5.75 Å². The second-order valence-corrected chi connectivity index (χ2v) is 8.28. The van der Waals surface area contributed by atoms with Crippen LogP contribution in [0.15, 0.2) is 84.4 Å². The minimum atomic E-state index is 0. The van der Waals surface area contributed by atoms with Crippen LogP contribution < -0.4 is 0 Å². The van der Waals surface area contributed by atoms with Gasteiger partial charge >= 0.3 is 0 Å². The van der Waals surface area contributed by atoms with Gasteiger partial charge in [-0.3, -0.25) is 4.90 Å². The minimum Gasteiger partial charge on any atom is -0.508 e. The highest BCUT2D eigenvalue weighted by Gasteiger charge is 2.21. The van der Waals surface area contributed by atoms with Gasteiger partial charge in [0.25, 0.3) is 0 Å². The molecular weight excluding hydrogens is 414 g/mol. The van der Waals surface area contributed by atoms with E-state index in [0.717, 1.165) is 38.0 Å². The number of phenols is 1. The molecule has 32 heavy (non-hydrogen) atoms. The zero-order valence-electron chi connectivity index (χ0n) is 18.1. The fraction of sp³-hybridized carbons (Fsp3) is 0.172. The number of likely N-dealkylation sites (tertiary alicyclic amines) is 1. The largest absolute Gasteiger partial charge is 0.508 e. The molecule has 0 spiro atoms. The van der Waals surface area contributed by atoms with E-state index in [2.05, 4.69) is 77.7 Å². The number of halogens is 1. The molecule has 1 heterocycles. The standard InChI is InChI=1S/C29H27NO.ClH/c31-26-15-11-22(12-16-26)6-5-19-30-20-17-25(18-21-30)29-27-9-3-1-7-23(27)13-14-24-8-2-4-10-28(24)29;/h1-16,31H,17-21H2;1H. The van der Waals surface area contributed by atoms with E-state index in [9.17, 15) is 5.11 Å². The smallest absolute Gasteiger partial charge is 0.115 e. The summed E-state index contributed by atoms with van der Waals surface area (Å²) in [5, 5.41) is 9.42. The summed E-state index contributed by atoms with van der Waals surface area (Å²) in [5.41, 5.74) is 9.47. The molecule has 0 radical (unpaired) electrons. The van der Waals surface area contributed by atoms with Crippen molar-refractivity contribution >= 4 is 36.2 Å². The Bertz CT molecular complexity index is 1110. The van der Waals surface area contributed by atoms with Gasteiger partial charge in [0.2, 0.25) is 0 Å². The van der Waals surface area contributed by atoms with E-state index < -0.39 is 0 Å². The van der Waals surface area contributed by atoms with Crippen LogP contribution in [-0.2, 0) is 0 Å². The van der Waals surface area contributed by atoms with E-state index in [1.165, 1.54) is 27.8 Å². The Morgan fingerprint density at radius 1 is 0.750 bits per heavy atom. The van der Waals surface area contributed by atoms with Crippen molar-refractivity contribution in [3.8, 4) is 5.75 Å². The van der Waals surface area contributed by atoms with E-state index in [-0.39, 0.29) is 12.4 Å². The number of nitrogens with zero attached hydrogens (tertiary/aromatic N) is 1. The molecule has 0 bridgehead atoms. The van der Waals surface area contributed by atoms with Gasteiger partial charge in [-0.15, -0.1) is 12.4 Å². The first-order valence-electron chi connectivity index (χ1n) is 11.0. The van der Waals surface area contributed by atoms with Gasteiger partial charge in [-0.25, -0.2) is 0 Å². The topological polar surface area (TPSA) is 23.5 Å². The predicted molar refractivity (Wildman–Crippen MR) is 138 cm³/mol. The molecule has 162 valence electrons. The lowest BCUT2D eigenvalue weighted by atomic mass is 9.86. The van der Waals surface area contributed by atoms with E-state index in [1.54, 1.807) is 17.7 Å². The zero-order chi connectivity index (χ0) is 21.0. The monoisotopic (exact) mass is 441 g/mol. The average Bonchev–Trinajstić information content (AvgIpc) is 2.98. The zero-order valence-corrected chi connectivity index (χ0v) is 18.9. The van der Waals surface area contributed by atoms with Crippen LogP contribution >= 0.6 is 12.4 Å². The molecule has 1 aliphatic carbocycles. The summed E-state index contributed by atoms with van der Waals surface area (Å²) in [4.78, 5) is 2.52. The summed E-state index contributed by atoms with van der Waals surface area (Å²) >= 11 is 0. The molecular formula is C29H28ClNO. The third-order valence-corrected chi connectivity index (χ3v) is 6.28. The number of hydrogen-bond acceptors (Lipinski definition) is 2. The third kappa shape index (κ3) is 4.72. The van der Waals surface area contributed by atoms with Gasteiger partial charge in [-0.05, 0) is 58.4 Å². The summed E-state index contributed by atoms with van der Waals surface area (Å²) in [5.74, 6) is 0.311. The van der Waals surface area contributed by atoms with Crippen LogP contribution in [0, 0.1) is 0 Å². The van der Waals surface area contributed by atoms with E-state index in [4.69, 9.17) is 0 Å². The Hall–Kier alpha value is -3.07. The molecule has 1 fully saturated rings. The number of benzene rings is 3. The first kappa shape index (κ1) is 22.1. The SMILES string of the molecule is Cl.Oc1ccc(C=CCN2CCC(=C3c4ccccc4C=Cc4ccccc43)CC2)cc1. The first-order valence-corrected chi connectivity index (χ1v) is 11.0. The Morgan fingerprint density at radius 2 is 1.31 bits per heavy atom. The van der Waals surface area contributed by atoms with Crippen molar-refractivity contribution in [2.24, 2.45) is 0 Å². The second kappa shape index (κ2) is 10.0. The third-order valence-electron chi connectivity index (χ3n) is 6.28. The van der Waals surface area contributed by atoms with Crippen LogP contribution in [0.1, 0.15) is 40.7 Å². The summed E-state index contributed by atoms with van der Waals surface area (Å²) in [6, 6.07) is 24.9. The molecule has 1 saturated heterocycles. The van der Waals surface area contributed by atoms with Crippen LogP contribution in [0.2, 0.25) is 0 Å². The highest BCUT2D eigenvalue weighted by molar-refractivity contribution is 5.94. The molecule has 0 amide bonds. The Morgan fingerprint density at radius 3 is 1.91 bits per heavy atom. The predicted octanol–water partition coefficient (Wildman–Crippen LogP) is 6.91. The van der Waals surface area contributed by atoms with Gasteiger partial charge in [0.1, 0.15) is 5.75 Å². The second-order valence-electron chi connectivity index (χ2n) is 8.28. The summed E-state index contributed by atoms with van der Waals surface area (Å²) < 4.78 is 0. The number of hydrogen-bond donors (Lipinski definition) is 1. The lowest BCUT2D eigenvalue weighted by Gasteiger charge is -2.29. The van der Waals surface area contributed by atoms with Crippen molar-refractivity contribution in [2.45, 2.75) is 12.8 Å². The van der Waals surface area contributed by atoms with Crippen molar-refractivity contribution in [3.05, 3.63) is 112 Å². The van der Waals surface area contributed by atoms with Gasteiger partial charge in [-0.2, -0.15) is 0 Å². The van der Waals surface area contributed by atoms with Gasteiger partial charge in [0.15, 0.2) is 0 Å². The maximum absolute atomic E-state index is 9.42. The maximum Gasteiger partial charge on any atom is 0.115 e. The molecule has 2 aliphatic rings. The molecule has 1 aliphatic heterocycles. The Balaban J connectivity index is 0.00000245. The number of fused-ring (bicyclic) bond motifs is 2. The number of rotatable bonds is 3. The van der Waals surface area contributed by atoms with Crippen LogP contribution in [0.3, 0.4) is 0 Å². The summed E-state index contributed by atoms with van der Waals surface area (Å²) in [7, 11) is 0. The van der Waals surface area contributed by atoms with E-state index >= 15 is 0 Å². The number of phenolic OH excluding ortho intramolecular Hbond substituents is 1. The van der Waals surface area contributed by atoms with Gasteiger partial charge in [0.05, 0.1) is 0 Å². The molecule has 0 unspecified atom stereocenters. The van der Waals surface area contributed by atoms with Crippen LogP contribution in [0.25, 0.3) is 23.8 Å². The first-order chi connectivity index (χ1) is 15.3. The van der Waals surface area contributed by atoms with Crippen molar-refractivity contribution in [1.82, 2.24) is 4.90 Å². The molecule has 2 nitrogen and oxygen atoms in total. The molecule has 0 aromatic heterocycles. The molecule has 0 saturated carbocycles. The highest BCUT2D eigenvalue weighted by atomic mass is 35.5. The molecule has 1 N–H and O–H groups in total. The average molecular weight is 442 g/mol. The van der Waals surface area contributed by atoms with Gasteiger partial charge in [0, 0.05) is 19.6 Å². The molecule has 0 atom stereocenters. The lowest BCUT2D eigenvalue weighted by molar-refractivity contribution is 0.284. The van der Waals surface area contributed by atoms with Crippen molar-refractivity contribution < 1.29 is 5.11 Å². The molecule has 3 heteroatoms. The summed E-state index contributed by atoms with van der Waals surface area (Å²) in [6.45, 7) is 3.12. The quantitative estimate of drug-likeness (QED) is 0.373. The van der Waals surface area contributed by atoms with Crippen molar-refractivity contribution in [3.63, 3.8) is 0 Å². The van der Waals surface area contributed by atoms with E-state index in [1.807, 2.05) is 12.1 Å². The Kier molecular flexibility index (Phi) is 6.94. The fourth-order valence-corrected chi connectivity index (χ4v) is 4.62. The van der Waals surface area contributed by atoms with E-state index in [0.29, 0.717) is 5.75 Å². The Labute approximate surface area is 196 Å². The maximum atomic E-state index is 9.42. The van der Waals surface area contributed by atoms with Crippen molar-refractivity contribution in [1.29, 1.82) is 0 Å². The minimum absolute atomic E-state index is 0. The molecule has 3 aromatic carbocycles. The fourth-order valence-electron chi connectivity index (χ4n) is 4.62. The van der Waals surface area contributed by atoms with Gasteiger partial charge in [-0.1, -0.05) is 90.5 Å². The van der Waals surface area contributed by atoms with Crippen LogP contribution in [0.4, 0.5) is 0 Å². The number of aromatic hydroxyl groups is 1. The van der Waals surface area contributed by atoms with Crippen LogP contribution in [-0.4, -0.2) is 29.6 Å². The van der Waals surface area contributed by atoms with Crippen molar-refractivity contribution in [2.75, 3.05) is 19.6 Å². The molecule has 3 aromatic rings. The van der Waals surface area contributed by atoms with Gasteiger partial charge < -0.3 is 5.11 Å². The number of piperidine rings is 1. The highest BCUT2D eigenvalue weighted by Crippen LogP contribution is 2.38. The molecule has 5 rings (SSSR count). The summed E-state index contributed by atoms with van der Waals surface area (Å²) in [6.07, 6.45) is 11.1. The lowest BCUT2D eigenvalue weighted by Crippen LogP contribution is -2.31. The normalized spacial score (nSPS) is 15.8.